The van der Waals surface area contributed by atoms with Crippen LogP contribution in [-0.2, 0) is 11.3 Å². The van der Waals surface area contributed by atoms with Crippen LogP contribution in [0.25, 0.3) is 0 Å². The Bertz CT molecular complexity index is 526. The molecule has 2 bridgehead atoms. The summed E-state index contributed by atoms with van der Waals surface area (Å²) in [6, 6.07) is 12.1. The zero-order valence-corrected chi connectivity index (χ0v) is 16.7. The van der Waals surface area contributed by atoms with E-state index in [1.54, 1.807) is 0 Å². The highest BCUT2D eigenvalue weighted by molar-refractivity contribution is 5.81. The number of hydrogen-bond acceptors (Lipinski definition) is 2. The molecule has 2 nitrogen and oxygen atoms in total. The van der Waals surface area contributed by atoms with Crippen molar-refractivity contribution in [2.45, 2.75) is 103 Å². The number of fused-ring (bicyclic) bond motifs is 2. The van der Waals surface area contributed by atoms with Crippen molar-refractivity contribution in [3.63, 3.8) is 0 Å². The molecule has 2 atom stereocenters. The maximum absolute atomic E-state index is 12.7. The molecule has 2 fully saturated rings. The fourth-order valence-corrected chi connectivity index (χ4v) is 5.05. The number of carbonyl (C=O) groups excluding carboxylic acids is 1. The highest BCUT2D eigenvalue weighted by Crippen LogP contribution is 2.40. The van der Waals surface area contributed by atoms with Crippen LogP contribution in [0, 0.1) is 5.92 Å². The Morgan fingerprint density at radius 2 is 1.54 bits per heavy atom. The summed E-state index contributed by atoms with van der Waals surface area (Å²) >= 11 is 0. The average molecular weight is 356 g/mol. The summed E-state index contributed by atoms with van der Waals surface area (Å²) in [4.78, 5) is 15.4. The molecule has 144 valence electrons. The molecule has 0 aromatic heterocycles. The predicted molar refractivity (Wildman–Crippen MR) is 109 cm³/mol. The highest BCUT2D eigenvalue weighted by atomic mass is 16.1. The lowest BCUT2D eigenvalue weighted by molar-refractivity contribution is -0.125. The van der Waals surface area contributed by atoms with E-state index in [9.17, 15) is 4.79 Å². The number of hydrogen-bond donors (Lipinski definition) is 0. The molecular formula is C24H37NO. The molecule has 2 heteroatoms. The van der Waals surface area contributed by atoms with Crippen LogP contribution >= 0.6 is 0 Å². The van der Waals surface area contributed by atoms with Crippen molar-refractivity contribution >= 4 is 5.78 Å². The van der Waals surface area contributed by atoms with Gasteiger partial charge in [-0.25, -0.2) is 0 Å². The molecule has 26 heavy (non-hydrogen) atoms. The Kier molecular flexibility index (Phi) is 7.73. The van der Waals surface area contributed by atoms with Crippen LogP contribution in [0.2, 0.25) is 0 Å². The molecule has 2 unspecified atom stereocenters. The Hall–Kier alpha value is -1.15. The first kappa shape index (κ1) is 19.6. The number of carbonyl (C=O) groups is 1. The summed E-state index contributed by atoms with van der Waals surface area (Å²) in [7, 11) is 0. The smallest absolute Gasteiger partial charge is 0.136 e. The molecular weight excluding hydrogens is 318 g/mol. The van der Waals surface area contributed by atoms with Crippen molar-refractivity contribution < 1.29 is 4.79 Å². The van der Waals surface area contributed by atoms with Gasteiger partial charge in [0.25, 0.3) is 0 Å². The lowest BCUT2D eigenvalue weighted by Crippen LogP contribution is -2.44. The molecule has 0 N–H and O–H groups in total. The number of piperidine rings is 1. The van der Waals surface area contributed by atoms with E-state index >= 15 is 0 Å². The average Bonchev–Trinajstić information content (AvgIpc) is 2.89. The van der Waals surface area contributed by atoms with Crippen LogP contribution < -0.4 is 0 Å². The normalized spacial score (nSPS) is 25.5. The quantitative estimate of drug-likeness (QED) is 0.444. The van der Waals surface area contributed by atoms with Crippen LogP contribution in [-0.4, -0.2) is 22.8 Å². The third kappa shape index (κ3) is 5.42. The molecule has 1 aromatic rings. The van der Waals surface area contributed by atoms with Crippen LogP contribution in [0.4, 0.5) is 0 Å². The molecule has 1 aromatic carbocycles. The number of benzene rings is 1. The monoisotopic (exact) mass is 355 g/mol. The van der Waals surface area contributed by atoms with Gasteiger partial charge in [-0.05, 0) is 37.7 Å². The van der Waals surface area contributed by atoms with Crippen molar-refractivity contribution in [1.82, 2.24) is 4.90 Å². The summed E-state index contributed by atoms with van der Waals surface area (Å²) < 4.78 is 0. The van der Waals surface area contributed by atoms with Gasteiger partial charge in [-0.3, -0.25) is 9.69 Å². The highest BCUT2D eigenvalue weighted by Gasteiger charge is 2.42. The van der Waals surface area contributed by atoms with E-state index in [1.807, 2.05) is 0 Å². The Labute approximate surface area is 160 Å². The van der Waals surface area contributed by atoms with E-state index in [-0.39, 0.29) is 0 Å². The fraction of sp³-hybridized carbons (Fsp3) is 0.708. The second-order valence-corrected chi connectivity index (χ2v) is 8.55. The van der Waals surface area contributed by atoms with Gasteiger partial charge in [-0.2, -0.15) is 0 Å². The maximum atomic E-state index is 12.7. The lowest BCUT2D eigenvalue weighted by atomic mass is 9.85. The summed E-state index contributed by atoms with van der Waals surface area (Å²) in [5.74, 6) is 0.912. The molecule has 2 saturated heterocycles. The van der Waals surface area contributed by atoms with Gasteiger partial charge < -0.3 is 0 Å². The first-order valence-electron chi connectivity index (χ1n) is 11.1. The molecule has 0 radical (unpaired) electrons. The molecule has 2 aliphatic rings. The van der Waals surface area contributed by atoms with Gasteiger partial charge in [-0.15, -0.1) is 0 Å². The summed E-state index contributed by atoms with van der Waals surface area (Å²) in [6.45, 7) is 3.33. The van der Waals surface area contributed by atoms with Gasteiger partial charge in [0.2, 0.25) is 0 Å². The fourth-order valence-electron chi connectivity index (χ4n) is 5.05. The van der Waals surface area contributed by atoms with Gasteiger partial charge in [0.1, 0.15) is 5.78 Å². The third-order valence-electron chi connectivity index (χ3n) is 6.57. The SMILES string of the molecule is CCCCCCCCCC(=O)C1CC2CCC(C1)N2Cc1ccccc1. The molecule has 0 amide bonds. The second kappa shape index (κ2) is 10.3. The zero-order chi connectivity index (χ0) is 18.2. The Morgan fingerprint density at radius 3 is 2.19 bits per heavy atom. The van der Waals surface area contributed by atoms with Crippen LogP contribution in [0.5, 0.6) is 0 Å². The minimum atomic E-state index is 0.347. The van der Waals surface area contributed by atoms with Crippen molar-refractivity contribution in [3.05, 3.63) is 35.9 Å². The molecule has 0 aliphatic carbocycles. The molecule has 3 rings (SSSR count). The van der Waals surface area contributed by atoms with Gasteiger partial charge in [-0.1, -0.05) is 75.8 Å². The standard InChI is InChI=1S/C24H37NO/c1-2-3-4-5-6-7-11-14-24(26)21-17-22-15-16-23(18-21)25(22)19-20-12-9-8-10-13-20/h8-10,12-13,21-23H,2-7,11,14-19H2,1H3. The predicted octanol–water partition coefficient (Wildman–Crippen LogP) is 6.14. The minimum Gasteiger partial charge on any atom is -0.299 e. The van der Waals surface area contributed by atoms with Crippen molar-refractivity contribution in [2.24, 2.45) is 5.92 Å². The number of unbranched alkanes of at least 4 members (excludes halogenated alkanes) is 6. The van der Waals surface area contributed by atoms with Gasteiger partial charge in [0.15, 0.2) is 0 Å². The van der Waals surface area contributed by atoms with Gasteiger partial charge in [0.05, 0.1) is 0 Å². The second-order valence-electron chi connectivity index (χ2n) is 8.55. The van der Waals surface area contributed by atoms with E-state index in [0.717, 1.165) is 32.2 Å². The van der Waals surface area contributed by atoms with Crippen molar-refractivity contribution in [1.29, 1.82) is 0 Å². The summed E-state index contributed by atoms with van der Waals surface area (Å²) in [5, 5.41) is 0. The number of nitrogens with zero attached hydrogens (tertiary/aromatic N) is 1. The number of Topliss-reactive ketones (excluding diaryl/α,β-unsaturated/α-hetero) is 1. The molecule has 2 heterocycles. The number of ketones is 1. The maximum Gasteiger partial charge on any atom is 0.136 e. The van der Waals surface area contributed by atoms with Crippen LogP contribution in [0.3, 0.4) is 0 Å². The number of rotatable bonds is 11. The first-order valence-corrected chi connectivity index (χ1v) is 11.1. The zero-order valence-electron chi connectivity index (χ0n) is 16.7. The Morgan fingerprint density at radius 1 is 0.923 bits per heavy atom. The minimum absolute atomic E-state index is 0.347. The van der Waals surface area contributed by atoms with E-state index in [0.29, 0.717) is 23.8 Å². The topological polar surface area (TPSA) is 20.3 Å². The van der Waals surface area contributed by atoms with E-state index in [4.69, 9.17) is 0 Å². The Balaban J connectivity index is 1.38. The summed E-state index contributed by atoms with van der Waals surface area (Å²) in [5.41, 5.74) is 1.41. The van der Waals surface area contributed by atoms with E-state index < -0.39 is 0 Å². The largest absolute Gasteiger partial charge is 0.299 e. The van der Waals surface area contributed by atoms with Gasteiger partial charge >= 0.3 is 0 Å². The lowest BCUT2D eigenvalue weighted by Gasteiger charge is -2.38. The van der Waals surface area contributed by atoms with Crippen molar-refractivity contribution in [3.8, 4) is 0 Å². The van der Waals surface area contributed by atoms with Crippen LogP contribution in [0.1, 0.15) is 89.5 Å². The molecule has 0 spiro atoms. The first-order chi connectivity index (χ1) is 12.8. The molecule has 0 saturated carbocycles. The van der Waals surface area contributed by atoms with Gasteiger partial charge in [0, 0.05) is 31.0 Å². The van der Waals surface area contributed by atoms with E-state index in [2.05, 4.69) is 42.2 Å². The third-order valence-corrected chi connectivity index (χ3v) is 6.57. The summed E-state index contributed by atoms with van der Waals surface area (Å²) in [6.07, 6.45) is 14.7. The van der Waals surface area contributed by atoms with E-state index in [1.165, 1.54) is 56.9 Å². The molecule has 2 aliphatic heterocycles. The van der Waals surface area contributed by atoms with Crippen LogP contribution in [0.15, 0.2) is 30.3 Å². The van der Waals surface area contributed by atoms with Crippen molar-refractivity contribution in [2.75, 3.05) is 0 Å².